The lowest BCUT2D eigenvalue weighted by Gasteiger charge is -2.14. The smallest absolute Gasteiger partial charge is 0.326 e. The molecule has 0 bridgehead atoms. The maximum absolute atomic E-state index is 11.9. The molecule has 0 unspecified atom stereocenters. The average Bonchev–Trinajstić information content (AvgIpc) is 2.45. The highest BCUT2D eigenvalue weighted by Crippen LogP contribution is 2.27. The number of aliphatic hydroxyl groups is 1. The zero-order valence-electron chi connectivity index (χ0n) is 11.3. The minimum absolute atomic E-state index is 0.0611. The van der Waals surface area contributed by atoms with E-state index in [0.717, 1.165) is 0 Å². The first-order valence-corrected chi connectivity index (χ1v) is 5.90. The van der Waals surface area contributed by atoms with Crippen molar-refractivity contribution in [3.63, 3.8) is 0 Å². The molecule has 1 atom stereocenters. The van der Waals surface area contributed by atoms with Gasteiger partial charge in [-0.3, -0.25) is 4.79 Å². The lowest BCUT2D eigenvalue weighted by atomic mass is 10.1. The first kappa shape index (κ1) is 15.8. The molecule has 1 aromatic carbocycles. The second kappa shape index (κ2) is 7.34. The van der Waals surface area contributed by atoms with Crippen molar-refractivity contribution in [3.8, 4) is 11.5 Å². The van der Waals surface area contributed by atoms with Crippen LogP contribution in [0, 0.1) is 0 Å². The van der Waals surface area contributed by atoms with Gasteiger partial charge >= 0.3 is 5.97 Å². The van der Waals surface area contributed by atoms with Crippen LogP contribution in [0.5, 0.6) is 11.5 Å². The van der Waals surface area contributed by atoms with Crippen molar-refractivity contribution < 1.29 is 29.3 Å². The summed E-state index contributed by atoms with van der Waals surface area (Å²) in [6.45, 7) is -0.330. The molecular weight excluding hydrogens is 266 g/mol. The van der Waals surface area contributed by atoms with Crippen molar-refractivity contribution in [3.05, 3.63) is 23.8 Å². The van der Waals surface area contributed by atoms with Crippen LogP contribution in [-0.4, -0.2) is 49.0 Å². The Balaban J connectivity index is 2.89. The summed E-state index contributed by atoms with van der Waals surface area (Å²) in [5.74, 6) is -0.928. The molecule has 20 heavy (non-hydrogen) atoms. The predicted molar refractivity (Wildman–Crippen MR) is 70.1 cm³/mol. The third-order valence-electron chi connectivity index (χ3n) is 2.67. The van der Waals surface area contributed by atoms with Gasteiger partial charge in [-0.25, -0.2) is 4.79 Å². The van der Waals surface area contributed by atoms with Crippen LogP contribution in [0.2, 0.25) is 0 Å². The Hall–Kier alpha value is -2.28. The van der Waals surface area contributed by atoms with Crippen LogP contribution in [0.4, 0.5) is 0 Å². The molecule has 1 amide bonds. The van der Waals surface area contributed by atoms with Gasteiger partial charge in [-0.05, 0) is 18.2 Å². The number of rotatable bonds is 7. The van der Waals surface area contributed by atoms with Gasteiger partial charge in [0, 0.05) is 18.6 Å². The van der Waals surface area contributed by atoms with E-state index in [1.165, 1.54) is 26.4 Å². The van der Waals surface area contributed by atoms with Crippen LogP contribution in [0.25, 0.3) is 0 Å². The van der Waals surface area contributed by atoms with Crippen molar-refractivity contribution in [2.45, 2.75) is 12.5 Å². The van der Waals surface area contributed by atoms with E-state index >= 15 is 0 Å². The Morgan fingerprint density at radius 1 is 1.25 bits per heavy atom. The molecule has 0 radical (unpaired) electrons. The predicted octanol–water partition coefficient (Wildman–Crippen LogP) is 0.269. The Morgan fingerprint density at radius 3 is 2.40 bits per heavy atom. The Bertz CT molecular complexity index is 488. The number of ether oxygens (including phenoxy) is 2. The zero-order valence-corrected chi connectivity index (χ0v) is 11.3. The fraction of sp³-hybridized carbons (Fsp3) is 0.385. The maximum Gasteiger partial charge on any atom is 0.326 e. The van der Waals surface area contributed by atoms with Crippen molar-refractivity contribution >= 4 is 11.9 Å². The minimum atomic E-state index is -1.20. The average molecular weight is 283 g/mol. The topological polar surface area (TPSA) is 105 Å². The number of carboxylic acid groups (broad SMARTS) is 1. The summed E-state index contributed by atoms with van der Waals surface area (Å²) in [6.07, 6.45) is -0.0611. The quantitative estimate of drug-likeness (QED) is 0.663. The second-order valence-corrected chi connectivity index (χ2v) is 3.95. The number of amides is 1. The van der Waals surface area contributed by atoms with Gasteiger partial charge in [-0.2, -0.15) is 0 Å². The van der Waals surface area contributed by atoms with Crippen molar-refractivity contribution in [2.75, 3.05) is 20.8 Å². The van der Waals surface area contributed by atoms with E-state index in [-0.39, 0.29) is 18.6 Å². The number of hydrogen-bond donors (Lipinski definition) is 3. The monoisotopic (exact) mass is 283 g/mol. The van der Waals surface area contributed by atoms with E-state index in [1.807, 2.05) is 0 Å². The number of aliphatic carboxylic acids is 1. The molecule has 0 aliphatic carbocycles. The highest BCUT2D eigenvalue weighted by atomic mass is 16.5. The van der Waals surface area contributed by atoms with E-state index in [9.17, 15) is 9.59 Å². The molecule has 0 heterocycles. The van der Waals surface area contributed by atoms with Crippen LogP contribution < -0.4 is 14.8 Å². The van der Waals surface area contributed by atoms with Gasteiger partial charge in [-0.1, -0.05) is 0 Å². The summed E-state index contributed by atoms with van der Waals surface area (Å²) in [5.41, 5.74) is 0.242. The first-order chi connectivity index (χ1) is 9.53. The highest BCUT2D eigenvalue weighted by Gasteiger charge is 2.20. The fourth-order valence-corrected chi connectivity index (χ4v) is 1.61. The molecule has 0 aromatic heterocycles. The molecule has 0 fully saturated rings. The second-order valence-electron chi connectivity index (χ2n) is 3.95. The van der Waals surface area contributed by atoms with Gasteiger partial charge in [0.15, 0.2) is 11.5 Å². The molecule has 0 saturated heterocycles. The Kier molecular flexibility index (Phi) is 5.79. The molecule has 1 rings (SSSR count). The summed E-state index contributed by atoms with van der Waals surface area (Å²) >= 11 is 0. The van der Waals surface area contributed by atoms with E-state index in [4.69, 9.17) is 19.7 Å². The molecule has 3 N–H and O–H groups in total. The van der Waals surface area contributed by atoms with E-state index in [0.29, 0.717) is 11.5 Å². The summed E-state index contributed by atoms with van der Waals surface area (Å²) in [4.78, 5) is 22.9. The van der Waals surface area contributed by atoms with Crippen molar-refractivity contribution in [2.24, 2.45) is 0 Å². The summed E-state index contributed by atoms with van der Waals surface area (Å²) < 4.78 is 10.1. The molecule has 0 aliphatic rings. The molecule has 0 aliphatic heterocycles. The Morgan fingerprint density at radius 2 is 1.90 bits per heavy atom. The van der Waals surface area contributed by atoms with Gasteiger partial charge in [0.2, 0.25) is 0 Å². The SMILES string of the molecule is COc1ccc(C(=O)N[C@H](CCO)C(=O)O)cc1OC. The van der Waals surface area contributed by atoms with Crippen LogP contribution in [0.15, 0.2) is 18.2 Å². The van der Waals surface area contributed by atoms with Crippen LogP contribution in [0.1, 0.15) is 16.8 Å². The van der Waals surface area contributed by atoms with E-state index in [1.54, 1.807) is 6.07 Å². The lowest BCUT2D eigenvalue weighted by molar-refractivity contribution is -0.139. The largest absolute Gasteiger partial charge is 0.493 e. The standard InChI is InChI=1S/C13H17NO6/c1-19-10-4-3-8(7-11(10)20-2)12(16)14-9(5-6-15)13(17)18/h3-4,7,9,15H,5-6H2,1-2H3,(H,14,16)(H,17,18)/t9-/m1/s1. The first-order valence-electron chi connectivity index (χ1n) is 5.90. The third kappa shape index (κ3) is 3.86. The normalized spacial score (nSPS) is 11.6. The van der Waals surface area contributed by atoms with Gasteiger partial charge in [0.05, 0.1) is 14.2 Å². The van der Waals surface area contributed by atoms with Crippen molar-refractivity contribution in [1.82, 2.24) is 5.32 Å². The number of carbonyl (C=O) groups is 2. The number of carboxylic acids is 1. The summed E-state index contributed by atoms with van der Waals surface area (Å²) in [5, 5.41) is 20.0. The highest BCUT2D eigenvalue weighted by molar-refractivity contribution is 5.97. The number of aliphatic hydroxyl groups excluding tert-OH is 1. The molecule has 0 spiro atoms. The molecular formula is C13H17NO6. The summed E-state index contributed by atoms with van der Waals surface area (Å²) in [7, 11) is 2.91. The molecule has 7 heteroatoms. The van der Waals surface area contributed by atoms with Gasteiger partial charge < -0.3 is 25.0 Å². The summed E-state index contributed by atoms with van der Waals surface area (Å²) in [6, 6.07) is 3.36. The Labute approximate surface area is 116 Å². The fourth-order valence-electron chi connectivity index (χ4n) is 1.61. The van der Waals surface area contributed by atoms with Crippen LogP contribution in [-0.2, 0) is 4.79 Å². The molecule has 110 valence electrons. The number of benzene rings is 1. The van der Waals surface area contributed by atoms with Crippen LogP contribution >= 0.6 is 0 Å². The van der Waals surface area contributed by atoms with E-state index in [2.05, 4.69) is 5.32 Å². The van der Waals surface area contributed by atoms with E-state index < -0.39 is 17.9 Å². The number of nitrogens with one attached hydrogen (secondary N) is 1. The number of methoxy groups -OCH3 is 2. The number of hydrogen-bond acceptors (Lipinski definition) is 5. The van der Waals surface area contributed by atoms with Gasteiger partial charge in [0.1, 0.15) is 6.04 Å². The van der Waals surface area contributed by atoms with Gasteiger partial charge in [0.25, 0.3) is 5.91 Å². The molecule has 1 aromatic rings. The van der Waals surface area contributed by atoms with Crippen molar-refractivity contribution in [1.29, 1.82) is 0 Å². The molecule has 7 nitrogen and oxygen atoms in total. The number of carbonyl (C=O) groups excluding carboxylic acids is 1. The lowest BCUT2D eigenvalue weighted by Crippen LogP contribution is -2.41. The minimum Gasteiger partial charge on any atom is -0.493 e. The molecule has 0 saturated carbocycles. The third-order valence-corrected chi connectivity index (χ3v) is 2.67. The maximum atomic E-state index is 11.9. The van der Waals surface area contributed by atoms with Gasteiger partial charge in [-0.15, -0.1) is 0 Å². The zero-order chi connectivity index (χ0) is 15.1. The van der Waals surface area contributed by atoms with Crippen LogP contribution in [0.3, 0.4) is 0 Å².